The number of hydroxylamine groups is 2. The lowest BCUT2D eigenvalue weighted by atomic mass is 9.82. The largest absolute Gasteiger partial charge is 0.340 e. The highest BCUT2D eigenvalue weighted by atomic mass is 16.7. The molecule has 2 heterocycles. The van der Waals surface area contributed by atoms with E-state index in [1.807, 2.05) is 11.9 Å². The van der Waals surface area contributed by atoms with Gasteiger partial charge in [0, 0.05) is 24.0 Å². The van der Waals surface area contributed by atoms with E-state index in [1.54, 1.807) is 0 Å². The van der Waals surface area contributed by atoms with Gasteiger partial charge in [-0.15, -0.1) is 0 Å². The van der Waals surface area contributed by atoms with E-state index in [1.165, 1.54) is 25.7 Å². The van der Waals surface area contributed by atoms with Gasteiger partial charge in [-0.05, 0) is 71.6 Å². The first-order valence-corrected chi connectivity index (χ1v) is 8.96. The molecule has 22 heavy (non-hydrogen) atoms. The molecule has 0 aromatic rings. The Morgan fingerprint density at radius 3 is 2.36 bits per heavy atom. The molecule has 4 rings (SSSR count). The first kappa shape index (κ1) is 14.9. The zero-order valence-corrected chi connectivity index (χ0v) is 14.6. The third-order valence-electron chi connectivity index (χ3n) is 6.90. The van der Waals surface area contributed by atoms with Crippen LogP contribution in [0.1, 0.15) is 59.8 Å². The lowest BCUT2D eigenvalue weighted by molar-refractivity contribution is -0.316. The Bertz CT molecular complexity index is 485. The second kappa shape index (κ2) is 4.47. The van der Waals surface area contributed by atoms with Gasteiger partial charge in [0.1, 0.15) is 6.10 Å². The van der Waals surface area contributed by atoms with Gasteiger partial charge in [-0.1, -0.05) is 0 Å². The Morgan fingerprint density at radius 2 is 1.73 bits per heavy atom. The minimum absolute atomic E-state index is 0.0736. The van der Waals surface area contributed by atoms with Crippen LogP contribution >= 0.6 is 0 Å². The zero-order chi connectivity index (χ0) is 15.9. The number of hydrogen-bond acceptors (Lipinski definition) is 3. The Kier molecular flexibility index (Phi) is 3.04. The van der Waals surface area contributed by atoms with Gasteiger partial charge in [-0.25, -0.2) is 0 Å². The van der Waals surface area contributed by atoms with Crippen LogP contribution in [0.25, 0.3) is 0 Å². The molecule has 5 unspecified atom stereocenters. The molecule has 4 heteroatoms. The van der Waals surface area contributed by atoms with Crippen LogP contribution in [0.15, 0.2) is 0 Å². The molecule has 2 saturated carbocycles. The van der Waals surface area contributed by atoms with Crippen molar-refractivity contribution in [1.29, 1.82) is 0 Å². The fourth-order valence-electron chi connectivity index (χ4n) is 6.01. The summed E-state index contributed by atoms with van der Waals surface area (Å²) in [5.74, 6) is 1.77. The standard InChI is InChI=1S/C18H30N2O2/c1-17(2)7-6-8-18(3,4)20(17)22-15-11-9-12-13(10-11)16(21)19(5)14(12)15/h11-15H,6-10H2,1-5H3. The van der Waals surface area contributed by atoms with Crippen LogP contribution in [0.4, 0.5) is 0 Å². The smallest absolute Gasteiger partial charge is 0.226 e. The van der Waals surface area contributed by atoms with E-state index in [9.17, 15) is 4.79 Å². The summed E-state index contributed by atoms with van der Waals surface area (Å²) in [6.07, 6.45) is 6.06. The van der Waals surface area contributed by atoms with E-state index >= 15 is 0 Å². The number of rotatable bonds is 2. The lowest BCUT2D eigenvalue weighted by Gasteiger charge is -2.53. The quantitative estimate of drug-likeness (QED) is 0.786. The molecule has 2 bridgehead atoms. The second-order valence-corrected chi connectivity index (χ2v) is 9.28. The molecule has 124 valence electrons. The van der Waals surface area contributed by atoms with E-state index in [-0.39, 0.29) is 17.2 Å². The van der Waals surface area contributed by atoms with Crippen molar-refractivity contribution in [3.8, 4) is 0 Å². The van der Waals surface area contributed by atoms with Gasteiger partial charge in [0.05, 0.1) is 6.04 Å². The predicted molar refractivity (Wildman–Crippen MR) is 85.0 cm³/mol. The maximum Gasteiger partial charge on any atom is 0.226 e. The highest BCUT2D eigenvalue weighted by Crippen LogP contribution is 2.57. The molecule has 4 aliphatic rings. The molecule has 4 fully saturated rings. The highest BCUT2D eigenvalue weighted by molar-refractivity contribution is 5.83. The molecule has 2 saturated heterocycles. The Balaban J connectivity index is 1.60. The van der Waals surface area contributed by atoms with E-state index in [4.69, 9.17) is 4.84 Å². The maximum atomic E-state index is 12.4. The van der Waals surface area contributed by atoms with Crippen molar-refractivity contribution in [2.75, 3.05) is 7.05 Å². The molecule has 0 aromatic heterocycles. The van der Waals surface area contributed by atoms with Crippen molar-refractivity contribution in [2.45, 2.75) is 83.0 Å². The van der Waals surface area contributed by atoms with Crippen LogP contribution in [0.5, 0.6) is 0 Å². The average molecular weight is 306 g/mol. The van der Waals surface area contributed by atoms with Crippen LogP contribution in [0.2, 0.25) is 0 Å². The molecular formula is C18H30N2O2. The van der Waals surface area contributed by atoms with Crippen molar-refractivity contribution >= 4 is 5.91 Å². The number of likely N-dealkylation sites (N-methyl/N-ethyl adjacent to an activating group) is 1. The van der Waals surface area contributed by atoms with Crippen LogP contribution in [-0.4, -0.2) is 46.1 Å². The molecule has 0 aromatic carbocycles. The van der Waals surface area contributed by atoms with E-state index in [2.05, 4.69) is 32.8 Å². The number of carbonyl (C=O) groups excluding carboxylic acids is 1. The third-order valence-corrected chi connectivity index (χ3v) is 6.90. The molecule has 4 nitrogen and oxygen atoms in total. The molecule has 0 N–H and O–H groups in total. The zero-order valence-electron chi connectivity index (χ0n) is 14.6. The summed E-state index contributed by atoms with van der Waals surface area (Å²) in [5, 5.41) is 2.29. The number of amides is 1. The molecule has 1 amide bonds. The van der Waals surface area contributed by atoms with E-state index < -0.39 is 0 Å². The van der Waals surface area contributed by atoms with Gasteiger partial charge in [0.25, 0.3) is 0 Å². The maximum absolute atomic E-state index is 12.4. The van der Waals surface area contributed by atoms with Gasteiger partial charge in [0.2, 0.25) is 5.91 Å². The van der Waals surface area contributed by atoms with Crippen LogP contribution in [0, 0.1) is 17.8 Å². The molecule has 5 atom stereocenters. The summed E-state index contributed by atoms with van der Waals surface area (Å²) in [5.41, 5.74) is 0.147. The van der Waals surface area contributed by atoms with Crippen molar-refractivity contribution in [3.05, 3.63) is 0 Å². The summed E-state index contributed by atoms with van der Waals surface area (Å²) in [6, 6.07) is 0.310. The second-order valence-electron chi connectivity index (χ2n) is 9.28. The van der Waals surface area contributed by atoms with Gasteiger partial charge < -0.3 is 4.90 Å². The summed E-state index contributed by atoms with van der Waals surface area (Å²) in [6.45, 7) is 9.20. The van der Waals surface area contributed by atoms with Crippen molar-refractivity contribution in [3.63, 3.8) is 0 Å². The Hall–Kier alpha value is -0.610. The SMILES string of the molecule is CN1C(=O)C2CC3CC2C1C3ON1C(C)(C)CCCC1(C)C. The molecule has 2 aliphatic carbocycles. The van der Waals surface area contributed by atoms with E-state index in [0.29, 0.717) is 29.7 Å². The van der Waals surface area contributed by atoms with Gasteiger partial charge >= 0.3 is 0 Å². The fraction of sp³-hybridized carbons (Fsp3) is 0.944. The summed E-state index contributed by atoms with van der Waals surface area (Å²) >= 11 is 0. The Labute approximate surface area is 134 Å². The van der Waals surface area contributed by atoms with Gasteiger partial charge in [-0.2, -0.15) is 5.06 Å². The summed E-state index contributed by atoms with van der Waals surface area (Å²) < 4.78 is 0. The normalized spacial score (nSPS) is 45.8. The summed E-state index contributed by atoms with van der Waals surface area (Å²) in [4.78, 5) is 21.1. The fourth-order valence-corrected chi connectivity index (χ4v) is 6.01. The molecule has 0 radical (unpaired) electrons. The van der Waals surface area contributed by atoms with Crippen LogP contribution in [-0.2, 0) is 9.63 Å². The van der Waals surface area contributed by atoms with Crippen molar-refractivity contribution < 1.29 is 9.63 Å². The number of likely N-dealkylation sites (tertiary alicyclic amines) is 1. The minimum atomic E-state index is 0.0736. The Morgan fingerprint density at radius 1 is 1.09 bits per heavy atom. The number of piperidine rings is 1. The number of hydrogen-bond donors (Lipinski definition) is 0. The lowest BCUT2D eigenvalue weighted by Crippen LogP contribution is -2.61. The minimum Gasteiger partial charge on any atom is -0.340 e. The molecule has 0 spiro atoms. The molecule has 2 aliphatic heterocycles. The highest BCUT2D eigenvalue weighted by Gasteiger charge is 2.64. The molecular weight excluding hydrogens is 276 g/mol. The van der Waals surface area contributed by atoms with Crippen LogP contribution < -0.4 is 0 Å². The van der Waals surface area contributed by atoms with Gasteiger partial charge in [-0.3, -0.25) is 9.63 Å². The summed E-state index contributed by atoms with van der Waals surface area (Å²) in [7, 11) is 1.98. The number of carbonyl (C=O) groups is 1. The number of nitrogens with zero attached hydrogens (tertiary/aromatic N) is 2. The topological polar surface area (TPSA) is 32.8 Å². The average Bonchev–Trinajstić information content (AvgIpc) is 3.02. The van der Waals surface area contributed by atoms with Crippen molar-refractivity contribution in [2.24, 2.45) is 17.8 Å². The van der Waals surface area contributed by atoms with Crippen LogP contribution in [0.3, 0.4) is 0 Å². The first-order chi connectivity index (χ1) is 10.2. The van der Waals surface area contributed by atoms with Gasteiger partial charge in [0.15, 0.2) is 0 Å². The third kappa shape index (κ3) is 1.86. The predicted octanol–water partition coefficient (Wildman–Crippen LogP) is 2.83. The monoisotopic (exact) mass is 306 g/mol. The van der Waals surface area contributed by atoms with E-state index in [0.717, 1.165) is 6.42 Å². The van der Waals surface area contributed by atoms with Crippen molar-refractivity contribution in [1.82, 2.24) is 9.96 Å². The number of fused-ring (bicyclic) bond motifs is 1. The first-order valence-electron chi connectivity index (χ1n) is 8.96.